The number of nitrogens with one attached hydrogen (secondary N) is 1. The summed E-state index contributed by atoms with van der Waals surface area (Å²) in [5, 5.41) is 8.13. The van der Waals surface area contributed by atoms with Gasteiger partial charge in [0.2, 0.25) is 11.7 Å². The number of aryl methyl sites for hydroxylation is 1. The van der Waals surface area contributed by atoms with Gasteiger partial charge in [-0.3, -0.25) is 14.4 Å². The number of carbonyl (C=O) groups excluding carboxylic acids is 1. The van der Waals surface area contributed by atoms with E-state index in [2.05, 4.69) is 30.2 Å². The van der Waals surface area contributed by atoms with Crippen molar-refractivity contribution in [3.63, 3.8) is 0 Å². The Morgan fingerprint density at radius 3 is 2.34 bits per heavy atom. The molecular weight excluding hydrogens is 414 g/mol. The fourth-order valence-electron chi connectivity index (χ4n) is 3.88. The maximum Gasteiger partial charge on any atom is 0.238 e. The standard InChI is InChI=1S/C21H27N7O4/c1-26-20-15(11-24-26)21(23-13-22-20)28-7-5-27(6-8-28)12-18(29)25-14-9-16(30-2)19(32-4)17(10-14)31-3/h9-11,13H,5-8,12H2,1-4H3,(H,25,29). The van der Waals surface area contributed by atoms with Crippen LogP contribution < -0.4 is 24.4 Å². The lowest BCUT2D eigenvalue weighted by atomic mass is 10.2. The fraction of sp³-hybridized carbons (Fsp3) is 0.429. The molecule has 0 saturated carbocycles. The molecule has 0 radical (unpaired) electrons. The highest BCUT2D eigenvalue weighted by molar-refractivity contribution is 5.93. The van der Waals surface area contributed by atoms with Gasteiger partial charge in [-0.25, -0.2) is 9.97 Å². The predicted octanol–water partition coefficient (Wildman–Crippen LogP) is 1.15. The molecule has 1 amide bonds. The molecule has 170 valence electrons. The van der Waals surface area contributed by atoms with E-state index in [4.69, 9.17) is 14.2 Å². The van der Waals surface area contributed by atoms with Crippen LogP contribution >= 0.6 is 0 Å². The number of rotatable bonds is 7. The molecule has 1 aliphatic rings. The molecule has 32 heavy (non-hydrogen) atoms. The number of carbonyl (C=O) groups is 1. The summed E-state index contributed by atoms with van der Waals surface area (Å²) < 4.78 is 17.8. The van der Waals surface area contributed by atoms with Crippen molar-refractivity contribution >= 4 is 28.4 Å². The van der Waals surface area contributed by atoms with Crippen LogP contribution in [0.5, 0.6) is 17.2 Å². The number of aromatic nitrogens is 4. The third-order valence-corrected chi connectivity index (χ3v) is 5.50. The zero-order valence-electron chi connectivity index (χ0n) is 18.7. The first-order valence-corrected chi connectivity index (χ1v) is 10.2. The van der Waals surface area contributed by atoms with E-state index in [-0.39, 0.29) is 12.5 Å². The normalized spacial score (nSPS) is 14.4. The highest BCUT2D eigenvalue weighted by Crippen LogP contribution is 2.39. The van der Waals surface area contributed by atoms with Gasteiger partial charge in [-0.15, -0.1) is 0 Å². The molecule has 3 heterocycles. The lowest BCUT2D eigenvalue weighted by molar-refractivity contribution is -0.117. The highest BCUT2D eigenvalue weighted by atomic mass is 16.5. The monoisotopic (exact) mass is 441 g/mol. The number of fused-ring (bicyclic) bond motifs is 1. The van der Waals surface area contributed by atoms with E-state index in [1.165, 1.54) is 0 Å². The number of nitrogens with zero attached hydrogens (tertiary/aromatic N) is 6. The van der Waals surface area contributed by atoms with Crippen molar-refractivity contribution in [3.8, 4) is 17.2 Å². The summed E-state index contributed by atoms with van der Waals surface area (Å²) in [5.74, 6) is 2.23. The first-order chi connectivity index (χ1) is 15.5. The average molecular weight is 441 g/mol. The van der Waals surface area contributed by atoms with Crippen LogP contribution in [0.3, 0.4) is 0 Å². The Kier molecular flexibility index (Phi) is 6.26. The molecule has 11 heteroatoms. The maximum absolute atomic E-state index is 12.7. The van der Waals surface area contributed by atoms with Crippen molar-refractivity contribution in [2.24, 2.45) is 7.05 Å². The molecule has 0 spiro atoms. The van der Waals surface area contributed by atoms with Crippen LogP contribution in [-0.4, -0.2) is 84.6 Å². The Balaban J connectivity index is 1.37. The predicted molar refractivity (Wildman–Crippen MR) is 120 cm³/mol. The van der Waals surface area contributed by atoms with Gasteiger partial charge in [0.25, 0.3) is 0 Å². The largest absolute Gasteiger partial charge is 0.493 e. The smallest absolute Gasteiger partial charge is 0.238 e. The van der Waals surface area contributed by atoms with Gasteiger partial charge in [0.05, 0.1) is 39.5 Å². The zero-order chi connectivity index (χ0) is 22.7. The SMILES string of the molecule is COc1cc(NC(=O)CN2CCN(c3ncnc4c3cnn4C)CC2)cc(OC)c1OC. The number of ether oxygens (including phenoxy) is 3. The first-order valence-electron chi connectivity index (χ1n) is 10.2. The van der Waals surface area contributed by atoms with Gasteiger partial charge in [-0.05, 0) is 0 Å². The third-order valence-electron chi connectivity index (χ3n) is 5.50. The Hall–Kier alpha value is -3.60. The fourth-order valence-corrected chi connectivity index (χ4v) is 3.88. The van der Waals surface area contributed by atoms with Crippen molar-refractivity contribution in [2.75, 3.05) is 64.3 Å². The second kappa shape index (κ2) is 9.27. The van der Waals surface area contributed by atoms with Crippen LogP contribution in [0.2, 0.25) is 0 Å². The minimum absolute atomic E-state index is 0.107. The first kappa shape index (κ1) is 21.6. The van der Waals surface area contributed by atoms with Crippen LogP contribution in [0.15, 0.2) is 24.7 Å². The van der Waals surface area contributed by atoms with Gasteiger partial charge < -0.3 is 24.4 Å². The average Bonchev–Trinajstić information content (AvgIpc) is 3.19. The molecule has 0 unspecified atom stereocenters. The summed E-state index contributed by atoms with van der Waals surface area (Å²) in [5.41, 5.74) is 1.39. The van der Waals surface area contributed by atoms with E-state index in [0.29, 0.717) is 22.9 Å². The number of benzene rings is 1. The third kappa shape index (κ3) is 4.24. The molecule has 0 bridgehead atoms. The van der Waals surface area contributed by atoms with Crippen LogP contribution in [0.4, 0.5) is 11.5 Å². The summed E-state index contributed by atoms with van der Waals surface area (Å²) >= 11 is 0. The van der Waals surface area contributed by atoms with Gasteiger partial charge in [-0.2, -0.15) is 5.10 Å². The van der Waals surface area contributed by atoms with Crippen LogP contribution in [0, 0.1) is 0 Å². The number of piperazine rings is 1. The lowest BCUT2D eigenvalue weighted by Crippen LogP contribution is -2.49. The minimum atomic E-state index is -0.107. The summed E-state index contributed by atoms with van der Waals surface area (Å²) in [6.07, 6.45) is 3.36. The van der Waals surface area contributed by atoms with Crippen molar-refractivity contribution in [3.05, 3.63) is 24.7 Å². The minimum Gasteiger partial charge on any atom is -0.493 e. The Morgan fingerprint density at radius 2 is 1.72 bits per heavy atom. The van der Waals surface area contributed by atoms with Gasteiger partial charge in [0.15, 0.2) is 17.1 Å². The van der Waals surface area contributed by atoms with Crippen molar-refractivity contribution in [1.82, 2.24) is 24.6 Å². The molecule has 11 nitrogen and oxygen atoms in total. The summed E-state index contributed by atoms with van der Waals surface area (Å²) in [4.78, 5) is 25.7. The van der Waals surface area contributed by atoms with Crippen LogP contribution in [-0.2, 0) is 11.8 Å². The number of amides is 1. The van der Waals surface area contributed by atoms with E-state index in [0.717, 1.165) is 43.0 Å². The number of hydrogen-bond acceptors (Lipinski definition) is 9. The second-order valence-corrected chi connectivity index (χ2v) is 7.43. The van der Waals surface area contributed by atoms with Crippen molar-refractivity contribution in [1.29, 1.82) is 0 Å². The molecule has 1 saturated heterocycles. The van der Waals surface area contributed by atoms with Crippen LogP contribution in [0.25, 0.3) is 11.0 Å². The Morgan fingerprint density at radius 1 is 1.03 bits per heavy atom. The number of hydrogen-bond donors (Lipinski definition) is 1. The summed E-state index contributed by atoms with van der Waals surface area (Å²) in [6.45, 7) is 3.30. The summed E-state index contributed by atoms with van der Waals surface area (Å²) in [7, 11) is 6.49. The quantitative estimate of drug-likeness (QED) is 0.578. The molecule has 4 rings (SSSR count). The molecule has 3 aromatic rings. The molecule has 1 aliphatic heterocycles. The molecule has 1 N–H and O–H groups in total. The van der Waals surface area contributed by atoms with Gasteiger partial charge in [-0.1, -0.05) is 0 Å². The molecule has 0 atom stereocenters. The Labute approximate surface area is 185 Å². The van der Waals surface area contributed by atoms with E-state index in [1.807, 2.05) is 7.05 Å². The lowest BCUT2D eigenvalue weighted by Gasteiger charge is -2.35. The molecular formula is C21H27N7O4. The molecule has 0 aliphatic carbocycles. The number of methoxy groups -OCH3 is 3. The van der Waals surface area contributed by atoms with Gasteiger partial charge in [0, 0.05) is 51.0 Å². The van der Waals surface area contributed by atoms with E-state index in [9.17, 15) is 4.79 Å². The van der Waals surface area contributed by atoms with Crippen molar-refractivity contribution < 1.29 is 19.0 Å². The maximum atomic E-state index is 12.7. The van der Waals surface area contributed by atoms with Crippen LogP contribution in [0.1, 0.15) is 0 Å². The zero-order valence-corrected chi connectivity index (χ0v) is 18.7. The Bertz CT molecular complexity index is 1080. The molecule has 2 aromatic heterocycles. The molecule has 1 fully saturated rings. The van der Waals surface area contributed by atoms with E-state index >= 15 is 0 Å². The van der Waals surface area contributed by atoms with Gasteiger partial charge in [0.1, 0.15) is 12.1 Å². The highest BCUT2D eigenvalue weighted by Gasteiger charge is 2.23. The molecule has 1 aromatic carbocycles. The second-order valence-electron chi connectivity index (χ2n) is 7.43. The van der Waals surface area contributed by atoms with E-state index < -0.39 is 0 Å². The van der Waals surface area contributed by atoms with E-state index in [1.54, 1.807) is 50.7 Å². The number of anilines is 2. The topological polar surface area (TPSA) is 107 Å². The summed E-state index contributed by atoms with van der Waals surface area (Å²) in [6, 6.07) is 3.43. The van der Waals surface area contributed by atoms with Crippen molar-refractivity contribution in [2.45, 2.75) is 0 Å². The van der Waals surface area contributed by atoms with Gasteiger partial charge >= 0.3 is 0 Å².